The Bertz CT molecular complexity index is 272. The Hall–Kier alpha value is -0.115. The van der Waals surface area contributed by atoms with Crippen molar-refractivity contribution in [3.63, 3.8) is 0 Å². The number of hydrogen-bond donors (Lipinski definition) is 0. The molecule has 4 heteroatoms. The van der Waals surface area contributed by atoms with Gasteiger partial charge < -0.3 is 4.90 Å². The number of amides is 1. The summed E-state index contributed by atoms with van der Waals surface area (Å²) < 4.78 is 0. The summed E-state index contributed by atoms with van der Waals surface area (Å²) in [7, 11) is 1.28. The topological polar surface area (TPSA) is 20.3 Å². The first-order chi connectivity index (χ1) is 7.63. The Balaban J connectivity index is 2.11. The summed E-state index contributed by atoms with van der Waals surface area (Å²) in [5.74, 6) is 0.849. The fourth-order valence-electron chi connectivity index (χ4n) is 3.14. The Morgan fingerprint density at radius 2 is 2.19 bits per heavy atom. The molecule has 0 spiro atoms. The Labute approximate surface area is 104 Å². The molecule has 0 radical (unpaired) electrons. The fourth-order valence-corrected chi connectivity index (χ4v) is 4.66. The largest absolute Gasteiger partial charge is 0.327 e. The molecular formula is C12H22BNOS. The van der Waals surface area contributed by atoms with E-state index in [0.29, 0.717) is 22.6 Å². The molecule has 1 saturated carbocycles. The Morgan fingerprint density at radius 1 is 1.44 bits per heavy atom. The first-order valence-electron chi connectivity index (χ1n) is 6.62. The molecule has 1 heterocycles. The van der Waals surface area contributed by atoms with Crippen molar-refractivity contribution in [1.29, 1.82) is 0 Å². The van der Waals surface area contributed by atoms with Crippen LogP contribution in [-0.2, 0) is 0 Å². The zero-order valence-electron chi connectivity index (χ0n) is 10.6. The van der Waals surface area contributed by atoms with E-state index in [9.17, 15) is 4.79 Å². The van der Waals surface area contributed by atoms with Crippen LogP contribution in [0.5, 0.6) is 0 Å². The summed E-state index contributed by atoms with van der Waals surface area (Å²) in [4.78, 5) is 14.1. The molecule has 3 unspecified atom stereocenters. The molecule has 3 atom stereocenters. The molecule has 90 valence electrons. The molecule has 1 aliphatic heterocycles. The van der Waals surface area contributed by atoms with Crippen LogP contribution in [0, 0.1) is 0 Å². The summed E-state index contributed by atoms with van der Waals surface area (Å²) in [6.45, 7) is 6.57. The first kappa shape index (κ1) is 12.3. The second-order valence-electron chi connectivity index (χ2n) is 5.43. The molecule has 0 aromatic rings. The van der Waals surface area contributed by atoms with Gasteiger partial charge in [0.25, 0.3) is 5.24 Å². The van der Waals surface area contributed by atoms with E-state index in [2.05, 4.69) is 25.6 Å². The molecule has 16 heavy (non-hydrogen) atoms. The summed E-state index contributed by atoms with van der Waals surface area (Å²) in [6, 6.07) is 0.891. The Morgan fingerprint density at radius 3 is 2.81 bits per heavy atom. The van der Waals surface area contributed by atoms with Gasteiger partial charge in [-0.05, 0) is 26.7 Å². The normalized spacial score (nSPS) is 35.1. The van der Waals surface area contributed by atoms with Crippen LogP contribution in [0.2, 0.25) is 12.6 Å². The van der Waals surface area contributed by atoms with Crippen molar-refractivity contribution in [3.05, 3.63) is 0 Å². The Kier molecular flexibility index (Phi) is 3.88. The minimum absolute atomic E-state index is 0.321. The monoisotopic (exact) mass is 239 g/mol. The number of carbonyl (C=O) groups is 1. The van der Waals surface area contributed by atoms with Crippen LogP contribution in [0.1, 0.15) is 39.5 Å². The zero-order valence-corrected chi connectivity index (χ0v) is 11.4. The highest BCUT2D eigenvalue weighted by Gasteiger charge is 2.43. The molecule has 1 saturated heterocycles. The average molecular weight is 239 g/mol. The standard InChI is InChI=1S/C12H22BNOS/c1-8(2)14-10-6-4-5-9(13-3)7-11(10)16-12(14)15/h8-11,13H,4-7H2,1-3H3. The summed E-state index contributed by atoms with van der Waals surface area (Å²) >= 11 is 1.61. The van der Waals surface area contributed by atoms with Crippen LogP contribution >= 0.6 is 11.8 Å². The number of rotatable bonds is 2. The minimum atomic E-state index is 0.321. The highest BCUT2D eigenvalue weighted by atomic mass is 32.2. The van der Waals surface area contributed by atoms with Gasteiger partial charge in [0.1, 0.15) is 7.28 Å². The molecular weight excluding hydrogens is 217 g/mol. The van der Waals surface area contributed by atoms with E-state index >= 15 is 0 Å². The van der Waals surface area contributed by atoms with Gasteiger partial charge in [0.05, 0.1) is 0 Å². The molecule has 0 aromatic heterocycles. The summed E-state index contributed by atoms with van der Waals surface area (Å²) in [6.07, 6.45) is 5.14. The molecule has 2 fully saturated rings. The zero-order chi connectivity index (χ0) is 11.7. The second-order valence-corrected chi connectivity index (χ2v) is 6.62. The van der Waals surface area contributed by atoms with Gasteiger partial charge in [-0.25, -0.2) is 0 Å². The molecule has 0 bridgehead atoms. The molecule has 2 aliphatic rings. The molecule has 2 rings (SSSR count). The predicted octanol–water partition coefficient (Wildman–Crippen LogP) is 3.15. The lowest BCUT2D eigenvalue weighted by atomic mass is 9.63. The van der Waals surface area contributed by atoms with E-state index in [4.69, 9.17) is 0 Å². The van der Waals surface area contributed by atoms with Crippen molar-refractivity contribution in [3.8, 4) is 0 Å². The van der Waals surface area contributed by atoms with Gasteiger partial charge >= 0.3 is 0 Å². The third kappa shape index (κ3) is 2.27. The quantitative estimate of drug-likeness (QED) is 0.690. The van der Waals surface area contributed by atoms with Crippen molar-refractivity contribution in [2.75, 3.05) is 0 Å². The van der Waals surface area contributed by atoms with Gasteiger partial charge in [0.15, 0.2) is 0 Å². The van der Waals surface area contributed by atoms with Crippen LogP contribution in [0.4, 0.5) is 4.79 Å². The predicted molar refractivity (Wildman–Crippen MR) is 72.8 cm³/mol. The van der Waals surface area contributed by atoms with Gasteiger partial charge in [-0.3, -0.25) is 4.79 Å². The van der Waals surface area contributed by atoms with E-state index in [-0.39, 0.29) is 0 Å². The number of nitrogens with zero attached hydrogens (tertiary/aromatic N) is 1. The van der Waals surface area contributed by atoms with Crippen LogP contribution in [0.25, 0.3) is 0 Å². The highest BCUT2D eigenvalue weighted by molar-refractivity contribution is 8.14. The van der Waals surface area contributed by atoms with Crippen LogP contribution in [0.15, 0.2) is 0 Å². The molecule has 1 aliphatic carbocycles. The lowest BCUT2D eigenvalue weighted by molar-refractivity contribution is 0.180. The molecule has 0 aromatic carbocycles. The number of carbonyl (C=O) groups excluding carboxylic acids is 1. The SMILES string of the molecule is CBC1CCCC2C(C1)SC(=O)N2C(C)C. The minimum Gasteiger partial charge on any atom is -0.327 e. The number of hydrogen-bond acceptors (Lipinski definition) is 2. The van der Waals surface area contributed by atoms with Crippen LogP contribution in [-0.4, -0.2) is 34.8 Å². The lowest BCUT2D eigenvalue weighted by Gasteiger charge is -2.29. The van der Waals surface area contributed by atoms with Gasteiger partial charge in [-0.1, -0.05) is 37.2 Å². The second kappa shape index (κ2) is 5.03. The summed E-state index contributed by atoms with van der Waals surface area (Å²) in [5.41, 5.74) is 0. The summed E-state index contributed by atoms with van der Waals surface area (Å²) in [5, 5.41) is 0.893. The maximum atomic E-state index is 12.0. The molecule has 2 nitrogen and oxygen atoms in total. The van der Waals surface area contributed by atoms with Gasteiger partial charge in [0.2, 0.25) is 0 Å². The third-order valence-electron chi connectivity index (χ3n) is 4.06. The van der Waals surface area contributed by atoms with Gasteiger partial charge in [-0.2, -0.15) is 0 Å². The van der Waals surface area contributed by atoms with Gasteiger partial charge in [0, 0.05) is 17.3 Å². The van der Waals surface area contributed by atoms with Crippen molar-refractivity contribution in [1.82, 2.24) is 4.90 Å². The van der Waals surface area contributed by atoms with Crippen molar-refractivity contribution in [2.45, 2.75) is 69.5 Å². The van der Waals surface area contributed by atoms with E-state index in [1.54, 1.807) is 11.8 Å². The van der Waals surface area contributed by atoms with E-state index in [0.717, 1.165) is 5.82 Å². The number of fused-ring (bicyclic) bond motifs is 1. The molecule has 0 N–H and O–H groups in total. The third-order valence-corrected chi connectivity index (χ3v) is 5.28. The van der Waals surface area contributed by atoms with Crippen LogP contribution < -0.4 is 0 Å². The van der Waals surface area contributed by atoms with Crippen molar-refractivity contribution >= 4 is 24.3 Å². The van der Waals surface area contributed by atoms with Crippen molar-refractivity contribution in [2.24, 2.45) is 0 Å². The van der Waals surface area contributed by atoms with E-state index in [1.807, 2.05) is 0 Å². The van der Waals surface area contributed by atoms with E-state index in [1.165, 1.54) is 33.0 Å². The smallest absolute Gasteiger partial charge is 0.282 e. The fraction of sp³-hybridized carbons (Fsp3) is 0.917. The molecule has 1 amide bonds. The maximum Gasteiger partial charge on any atom is 0.282 e. The highest BCUT2D eigenvalue weighted by Crippen LogP contribution is 2.43. The van der Waals surface area contributed by atoms with Crippen molar-refractivity contribution < 1.29 is 4.79 Å². The lowest BCUT2D eigenvalue weighted by Crippen LogP contribution is -2.40. The van der Waals surface area contributed by atoms with Crippen LogP contribution in [0.3, 0.4) is 0 Å². The number of thioether (sulfide) groups is 1. The van der Waals surface area contributed by atoms with E-state index < -0.39 is 0 Å². The van der Waals surface area contributed by atoms with Gasteiger partial charge in [-0.15, -0.1) is 0 Å². The average Bonchev–Trinajstić information content (AvgIpc) is 2.42. The maximum absolute atomic E-state index is 12.0. The first-order valence-corrected chi connectivity index (χ1v) is 7.50.